The van der Waals surface area contributed by atoms with Gasteiger partial charge in [-0.05, 0) is 53.4 Å². The van der Waals surface area contributed by atoms with E-state index in [-0.39, 0.29) is 0 Å². The first kappa shape index (κ1) is 15.7. The van der Waals surface area contributed by atoms with Crippen molar-refractivity contribution in [1.82, 2.24) is 9.97 Å². The lowest BCUT2D eigenvalue weighted by Crippen LogP contribution is -2.26. The minimum Gasteiger partial charge on any atom is -0.356 e. The molecule has 112 valence electrons. The molecule has 1 saturated heterocycles. The van der Waals surface area contributed by atoms with Crippen LogP contribution in [0.5, 0.6) is 0 Å². The summed E-state index contributed by atoms with van der Waals surface area (Å²) in [7, 11) is 0. The maximum Gasteiger partial charge on any atom is 0.133 e. The average Bonchev–Trinajstić information content (AvgIpc) is 2.64. The van der Waals surface area contributed by atoms with Crippen LogP contribution >= 0.6 is 15.9 Å². The lowest BCUT2D eigenvalue weighted by molar-refractivity contribution is 0.351. The molecule has 1 aliphatic heterocycles. The summed E-state index contributed by atoms with van der Waals surface area (Å²) in [5.41, 5.74) is 0. The molecule has 0 bridgehead atoms. The molecule has 1 atom stereocenters. The lowest BCUT2D eigenvalue weighted by atomic mass is 9.89. The normalized spacial score (nSPS) is 20.2. The van der Waals surface area contributed by atoms with Crippen LogP contribution in [0.2, 0.25) is 0 Å². The summed E-state index contributed by atoms with van der Waals surface area (Å²) < 4.78 is 0.913. The lowest BCUT2D eigenvalue weighted by Gasteiger charge is -2.23. The van der Waals surface area contributed by atoms with E-state index in [0.29, 0.717) is 0 Å². The van der Waals surface area contributed by atoms with Gasteiger partial charge in [0, 0.05) is 25.6 Å². The highest BCUT2D eigenvalue weighted by Gasteiger charge is 2.20. The smallest absolute Gasteiger partial charge is 0.133 e. The van der Waals surface area contributed by atoms with Gasteiger partial charge >= 0.3 is 0 Å². The van der Waals surface area contributed by atoms with Crippen molar-refractivity contribution in [2.75, 3.05) is 18.0 Å². The summed E-state index contributed by atoms with van der Waals surface area (Å²) in [4.78, 5) is 11.6. The van der Waals surface area contributed by atoms with Gasteiger partial charge < -0.3 is 4.90 Å². The van der Waals surface area contributed by atoms with Crippen molar-refractivity contribution in [3.8, 4) is 0 Å². The molecule has 1 unspecified atom stereocenters. The number of hydrogen-bond donors (Lipinski definition) is 0. The molecule has 0 aromatic carbocycles. The zero-order valence-corrected chi connectivity index (χ0v) is 14.5. The number of halogens is 1. The second kappa shape index (κ2) is 7.39. The maximum atomic E-state index is 4.74. The summed E-state index contributed by atoms with van der Waals surface area (Å²) in [6.07, 6.45) is 5.94. The average molecular weight is 340 g/mol. The van der Waals surface area contributed by atoms with E-state index in [4.69, 9.17) is 4.98 Å². The van der Waals surface area contributed by atoms with Gasteiger partial charge in [-0.2, -0.15) is 0 Å². The molecule has 1 aromatic rings. The monoisotopic (exact) mass is 339 g/mol. The van der Waals surface area contributed by atoms with Crippen LogP contribution in [0.4, 0.5) is 5.82 Å². The number of rotatable bonds is 4. The molecule has 4 heteroatoms. The number of aryl methyl sites for hydroxylation is 1. The van der Waals surface area contributed by atoms with Crippen LogP contribution in [0.3, 0.4) is 0 Å². The third kappa shape index (κ3) is 4.18. The van der Waals surface area contributed by atoms with E-state index < -0.39 is 0 Å². The van der Waals surface area contributed by atoms with E-state index in [1.54, 1.807) is 0 Å². The SMILES string of the molecule is CCCc1nc(Br)cc(N2CCCC(C(C)C)CC2)n1. The van der Waals surface area contributed by atoms with Crippen molar-refractivity contribution in [2.45, 2.75) is 52.9 Å². The fourth-order valence-electron chi connectivity index (χ4n) is 2.97. The number of aromatic nitrogens is 2. The molecule has 1 fully saturated rings. The molecule has 1 aliphatic rings. The van der Waals surface area contributed by atoms with Crippen LogP contribution in [0.1, 0.15) is 52.3 Å². The Morgan fingerprint density at radius 2 is 2.10 bits per heavy atom. The Hall–Kier alpha value is -0.640. The predicted octanol–water partition coefficient (Wildman–Crippen LogP) is 4.45. The first-order valence-electron chi connectivity index (χ1n) is 7.88. The molecule has 3 nitrogen and oxygen atoms in total. The fraction of sp³-hybridized carbons (Fsp3) is 0.750. The topological polar surface area (TPSA) is 29.0 Å². The van der Waals surface area contributed by atoms with E-state index >= 15 is 0 Å². The van der Waals surface area contributed by atoms with E-state index in [2.05, 4.69) is 52.7 Å². The second-order valence-corrected chi connectivity index (χ2v) is 6.95. The Kier molecular flexibility index (Phi) is 5.82. The summed E-state index contributed by atoms with van der Waals surface area (Å²) in [5.74, 6) is 3.71. The summed E-state index contributed by atoms with van der Waals surface area (Å²) >= 11 is 3.53. The molecule has 0 aliphatic carbocycles. The van der Waals surface area contributed by atoms with Crippen LogP contribution in [-0.4, -0.2) is 23.1 Å². The van der Waals surface area contributed by atoms with Gasteiger partial charge in [-0.25, -0.2) is 9.97 Å². The van der Waals surface area contributed by atoms with Gasteiger partial charge in [0.05, 0.1) is 0 Å². The molecule has 2 heterocycles. The molecule has 2 rings (SSSR count). The van der Waals surface area contributed by atoms with Crippen LogP contribution in [0.25, 0.3) is 0 Å². The summed E-state index contributed by atoms with van der Waals surface area (Å²) in [5, 5.41) is 0. The van der Waals surface area contributed by atoms with E-state index in [0.717, 1.165) is 54.0 Å². The maximum absolute atomic E-state index is 4.74. The Morgan fingerprint density at radius 3 is 2.80 bits per heavy atom. The molecule has 20 heavy (non-hydrogen) atoms. The Bertz CT molecular complexity index is 434. The molecule has 0 spiro atoms. The van der Waals surface area contributed by atoms with Crippen LogP contribution < -0.4 is 4.90 Å². The van der Waals surface area contributed by atoms with Crippen molar-refractivity contribution in [3.63, 3.8) is 0 Å². The highest BCUT2D eigenvalue weighted by atomic mass is 79.9. The largest absolute Gasteiger partial charge is 0.356 e. The summed E-state index contributed by atoms with van der Waals surface area (Å²) in [6, 6.07) is 2.06. The Labute approximate surface area is 131 Å². The van der Waals surface area contributed by atoms with Crippen LogP contribution in [0.15, 0.2) is 10.7 Å². The number of hydrogen-bond acceptors (Lipinski definition) is 3. The van der Waals surface area contributed by atoms with Gasteiger partial charge in [0.2, 0.25) is 0 Å². The molecule has 0 radical (unpaired) electrons. The molecule has 0 amide bonds. The first-order valence-corrected chi connectivity index (χ1v) is 8.68. The minimum atomic E-state index is 0.794. The van der Waals surface area contributed by atoms with Gasteiger partial charge in [0.1, 0.15) is 16.2 Å². The van der Waals surface area contributed by atoms with Gasteiger partial charge in [-0.15, -0.1) is 0 Å². The summed E-state index contributed by atoms with van der Waals surface area (Å²) in [6.45, 7) is 9.11. The van der Waals surface area contributed by atoms with Crippen molar-refractivity contribution in [3.05, 3.63) is 16.5 Å². The van der Waals surface area contributed by atoms with E-state index in [1.165, 1.54) is 19.3 Å². The Morgan fingerprint density at radius 1 is 1.30 bits per heavy atom. The zero-order chi connectivity index (χ0) is 14.5. The number of anilines is 1. The molecule has 0 saturated carbocycles. The molecular formula is C16H26BrN3. The second-order valence-electron chi connectivity index (χ2n) is 6.14. The minimum absolute atomic E-state index is 0.794. The van der Waals surface area contributed by atoms with Crippen LogP contribution in [-0.2, 0) is 6.42 Å². The Balaban J connectivity index is 2.11. The molecule has 1 aromatic heterocycles. The number of nitrogens with zero attached hydrogens (tertiary/aromatic N) is 3. The van der Waals surface area contributed by atoms with Crippen molar-refractivity contribution in [2.24, 2.45) is 11.8 Å². The van der Waals surface area contributed by atoms with Crippen molar-refractivity contribution < 1.29 is 0 Å². The quantitative estimate of drug-likeness (QED) is 0.758. The van der Waals surface area contributed by atoms with Crippen molar-refractivity contribution >= 4 is 21.7 Å². The van der Waals surface area contributed by atoms with E-state index in [1.807, 2.05) is 0 Å². The molecule has 0 N–H and O–H groups in total. The molecular weight excluding hydrogens is 314 g/mol. The standard InChI is InChI=1S/C16H26BrN3/c1-4-6-15-18-14(17)11-16(19-15)20-9-5-7-13(8-10-20)12(2)3/h11-13H,4-10H2,1-3H3. The highest BCUT2D eigenvalue weighted by molar-refractivity contribution is 9.10. The zero-order valence-electron chi connectivity index (χ0n) is 12.9. The highest BCUT2D eigenvalue weighted by Crippen LogP contribution is 2.27. The van der Waals surface area contributed by atoms with Gasteiger partial charge in [-0.1, -0.05) is 20.8 Å². The van der Waals surface area contributed by atoms with Gasteiger partial charge in [-0.3, -0.25) is 0 Å². The predicted molar refractivity (Wildman–Crippen MR) is 88.1 cm³/mol. The van der Waals surface area contributed by atoms with Crippen molar-refractivity contribution in [1.29, 1.82) is 0 Å². The third-order valence-electron chi connectivity index (χ3n) is 4.24. The first-order chi connectivity index (χ1) is 9.60. The van der Waals surface area contributed by atoms with Gasteiger partial charge in [0.25, 0.3) is 0 Å². The fourth-order valence-corrected chi connectivity index (χ4v) is 3.38. The third-order valence-corrected chi connectivity index (χ3v) is 4.65. The van der Waals surface area contributed by atoms with Crippen LogP contribution in [0, 0.1) is 11.8 Å². The van der Waals surface area contributed by atoms with E-state index in [9.17, 15) is 0 Å². The van der Waals surface area contributed by atoms with Gasteiger partial charge in [0.15, 0.2) is 0 Å².